The Bertz CT molecular complexity index is 856. The number of pyridine rings is 1. The third-order valence-corrected chi connectivity index (χ3v) is 6.42. The van der Waals surface area contributed by atoms with Gasteiger partial charge in [-0.3, -0.25) is 14.4 Å². The second kappa shape index (κ2) is 8.78. The number of alkyl halides is 3. The highest BCUT2D eigenvalue weighted by atomic mass is 19.4. The molecule has 1 saturated heterocycles. The Morgan fingerprint density at radius 1 is 1.10 bits per heavy atom. The second-order valence-corrected chi connectivity index (χ2v) is 8.50. The first-order valence-corrected chi connectivity index (χ1v) is 10.6. The average Bonchev–Trinajstić information content (AvgIpc) is 3.20. The summed E-state index contributed by atoms with van der Waals surface area (Å²) in [7, 11) is 0. The first-order valence-electron chi connectivity index (χ1n) is 10.6. The lowest BCUT2D eigenvalue weighted by molar-refractivity contribution is -0.141. The Balaban J connectivity index is 1.57. The molecule has 168 valence electrons. The molecule has 9 heteroatoms. The average molecular weight is 439 g/mol. The molecule has 1 aromatic rings. The van der Waals surface area contributed by atoms with Crippen molar-refractivity contribution >= 4 is 17.3 Å². The Morgan fingerprint density at radius 3 is 2.42 bits per heavy atom. The van der Waals surface area contributed by atoms with Gasteiger partial charge in [0.15, 0.2) is 17.3 Å². The van der Waals surface area contributed by atoms with Crippen molar-refractivity contribution in [3.8, 4) is 0 Å². The van der Waals surface area contributed by atoms with E-state index in [0.29, 0.717) is 31.9 Å². The van der Waals surface area contributed by atoms with Gasteiger partial charge in [-0.15, -0.1) is 0 Å². The van der Waals surface area contributed by atoms with E-state index >= 15 is 0 Å². The van der Waals surface area contributed by atoms with E-state index in [1.165, 1.54) is 0 Å². The summed E-state index contributed by atoms with van der Waals surface area (Å²) < 4.78 is 50.6. The third-order valence-electron chi connectivity index (χ3n) is 6.42. The molecular formula is C22H24F3NO5. The molecule has 2 heterocycles. The molecule has 2 bridgehead atoms. The van der Waals surface area contributed by atoms with Gasteiger partial charge in [-0.05, 0) is 50.7 Å². The van der Waals surface area contributed by atoms with Crippen LogP contribution in [-0.2, 0) is 31.8 Å². The second-order valence-electron chi connectivity index (χ2n) is 8.50. The van der Waals surface area contributed by atoms with E-state index in [1.807, 2.05) is 0 Å². The number of carbonyl (C=O) groups is 3. The number of Topliss-reactive ketones (excluding diaryl/α,β-unsaturated/α-hetero) is 3. The minimum absolute atomic E-state index is 0.157. The van der Waals surface area contributed by atoms with Crippen molar-refractivity contribution in [3.05, 3.63) is 29.1 Å². The predicted molar refractivity (Wildman–Crippen MR) is 101 cm³/mol. The van der Waals surface area contributed by atoms with Crippen LogP contribution in [0.4, 0.5) is 13.2 Å². The number of carbonyl (C=O) groups excluding carboxylic acids is 3. The van der Waals surface area contributed by atoms with E-state index in [4.69, 9.17) is 9.47 Å². The van der Waals surface area contributed by atoms with Crippen LogP contribution in [0.15, 0.2) is 12.1 Å². The molecule has 3 fully saturated rings. The van der Waals surface area contributed by atoms with Crippen LogP contribution in [0.5, 0.6) is 0 Å². The molecule has 6 nitrogen and oxygen atoms in total. The lowest BCUT2D eigenvalue weighted by Gasteiger charge is -2.25. The molecule has 3 unspecified atom stereocenters. The zero-order chi connectivity index (χ0) is 22.2. The van der Waals surface area contributed by atoms with Gasteiger partial charge in [0.1, 0.15) is 11.6 Å². The molecular weight excluding hydrogens is 415 g/mol. The van der Waals surface area contributed by atoms with Gasteiger partial charge in [0, 0.05) is 24.0 Å². The van der Waals surface area contributed by atoms with Crippen LogP contribution >= 0.6 is 0 Å². The topological polar surface area (TPSA) is 82.6 Å². The largest absolute Gasteiger partial charge is 0.433 e. The fraction of sp³-hybridized carbons (Fsp3) is 0.636. The highest BCUT2D eigenvalue weighted by Gasteiger charge is 2.50. The lowest BCUT2D eigenvalue weighted by atomic mass is 9.75. The van der Waals surface area contributed by atoms with Gasteiger partial charge in [-0.2, -0.15) is 13.2 Å². The summed E-state index contributed by atoms with van der Waals surface area (Å²) in [4.78, 5) is 42.1. The van der Waals surface area contributed by atoms with Gasteiger partial charge in [0.05, 0.1) is 25.0 Å². The maximum absolute atomic E-state index is 13.2. The minimum Gasteiger partial charge on any atom is -0.376 e. The lowest BCUT2D eigenvalue weighted by Crippen LogP contribution is -2.42. The van der Waals surface area contributed by atoms with Gasteiger partial charge in [-0.1, -0.05) is 0 Å². The number of nitrogens with zero attached hydrogens (tertiary/aromatic N) is 1. The summed E-state index contributed by atoms with van der Waals surface area (Å²) in [5.41, 5.74) is -1.53. The van der Waals surface area contributed by atoms with Gasteiger partial charge >= 0.3 is 6.18 Å². The van der Waals surface area contributed by atoms with Crippen molar-refractivity contribution in [3.63, 3.8) is 0 Å². The van der Waals surface area contributed by atoms with Crippen molar-refractivity contribution < 1.29 is 37.0 Å². The Kier molecular flexibility index (Phi) is 6.25. The van der Waals surface area contributed by atoms with Gasteiger partial charge < -0.3 is 9.47 Å². The molecule has 31 heavy (non-hydrogen) atoms. The smallest absolute Gasteiger partial charge is 0.376 e. The molecule has 4 rings (SSSR count). The summed E-state index contributed by atoms with van der Waals surface area (Å²) in [6.45, 7) is 0.428. The van der Waals surface area contributed by atoms with Crippen molar-refractivity contribution in [1.82, 2.24) is 4.98 Å². The van der Waals surface area contributed by atoms with Gasteiger partial charge in [0.2, 0.25) is 0 Å². The monoisotopic (exact) mass is 439 g/mol. The molecule has 1 aliphatic heterocycles. The minimum atomic E-state index is -4.70. The number of ether oxygens (including phenoxy) is 2. The van der Waals surface area contributed by atoms with Crippen LogP contribution < -0.4 is 0 Å². The maximum atomic E-state index is 13.2. The number of hydrogen-bond acceptors (Lipinski definition) is 6. The Morgan fingerprint density at radius 2 is 1.81 bits per heavy atom. The molecule has 2 aliphatic carbocycles. The van der Waals surface area contributed by atoms with Crippen molar-refractivity contribution in [1.29, 1.82) is 0 Å². The van der Waals surface area contributed by atoms with Crippen LogP contribution in [0, 0.1) is 17.8 Å². The highest BCUT2D eigenvalue weighted by Crippen LogP contribution is 2.41. The first kappa shape index (κ1) is 22.1. The SMILES string of the molecule is O=C(c1ccc(C(F)(F)F)nc1COCC1CCCCO1)C1C(=O)C2CCC(C2)C1=O. The van der Waals surface area contributed by atoms with E-state index in [9.17, 15) is 27.6 Å². The highest BCUT2D eigenvalue weighted by molar-refractivity contribution is 6.26. The number of ketones is 3. The first-order chi connectivity index (χ1) is 14.8. The van der Waals surface area contributed by atoms with Crippen LogP contribution in [0.2, 0.25) is 0 Å². The summed E-state index contributed by atoms with van der Waals surface area (Å²) in [6, 6.07) is 1.71. The summed E-state index contributed by atoms with van der Waals surface area (Å²) in [5.74, 6) is -3.74. The van der Waals surface area contributed by atoms with Crippen LogP contribution in [0.3, 0.4) is 0 Å². The summed E-state index contributed by atoms with van der Waals surface area (Å²) in [6.07, 6.45) is -0.527. The molecule has 0 amide bonds. The molecule has 1 aromatic heterocycles. The zero-order valence-electron chi connectivity index (χ0n) is 17.0. The van der Waals surface area contributed by atoms with Crippen LogP contribution in [-0.4, -0.2) is 41.7 Å². The van der Waals surface area contributed by atoms with E-state index in [1.54, 1.807) is 0 Å². The van der Waals surface area contributed by atoms with Crippen LogP contribution in [0.1, 0.15) is 60.3 Å². The van der Waals surface area contributed by atoms with E-state index < -0.39 is 35.1 Å². The van der Waals surface area contributed by atoms with Gasteiger partial charge in [0.25, 0.3) is 0 Å². The molecule has 3 atom stereocenters. The molecule has 0 N–H and O–H groups in total. The molecule has 0 spiro atoms. The number of fused-ring (bicyclic) bond motifs is 2. The zero-order valence-corrected chi connectivity index (χ0v) is 17.0. The van der Waals surface area contributed by atoms with E-state index in [2.05, 4.69) is 4.98 Å². The Labute approximate surface area is 177 Å². The third kappa shape index (κ3) is 4.57. The van der Waals surface area contributed by atoms with Gasteiger partial charge in [-0.25, -0.2) is 4.98 Å². The number of hydrogen-bond donors (Lipinski definition) is 0. The van der Waals surface area contributed by atoms with E-state index in [-0.39, 0.29) is 42.4 Å². The maximum Gasteiger partial charge on any atom is 0.433 e. The Hall–Kier alpha value is -2.13. The van der Waals surface area contributed by atoms with Crippen LogP contribution in [0.25, 0.3) is 0 Å². The molecule has 0 radical (unpaired) electrons. The molecule has 2 saturated carbocycles. The van der Waals surface area contributed by atoms with Crippen molar-refractivity contribution in [2.24, 2.45) is 17.8 Å². The number of rotatable bonds is 6. The molecule has 3 aliphatic rings. The standard InChI is InChI=1S/C22H24F3NO5/c23-22(24,25)17-7-6-15(16(26-17)11-30-10-14-3-1-2-8-31-14)21(29)18-19(27)12-4-5-13(9-12)20(18)28/h6-7,12-14,18H,1-5,8-11H2. The van der Waals surface area contributed by atoms with Crippen molar-refractivity contribution in [2.45, 2.75) is 57.4 Å². The number of aromatic nitrogens is 1. The summed E-state index contributed by atoms with van der Waals surface area (Å²) >= 11 is 0. The fourth-order valence-electron chi connectivity index (χ4n) is 4.74. The normalized spacial score (nSPS) is 28.7. The summed E-state index contributed by atoms with van der Waals surface area (Å²) in [5, 5.41) is 0. The predicted octanol–water partition coefficient (Wildman–Crippen LogP) is 3.55. The van der Waals surface area contributed by atoms with E-state index in [0.717, 1.165) is 25.3 Å². The fourth-order valence-corrected chi connectivity index (χ4v) is 4.74. The quantitative estimate of drug-likeness (QED) is 0.498. The van der Waals surface area contributed by atoms with Crippen molar-refractivity contribution in [2.75, 3.05) is 13.2 Å². The molecule has 0 aromatic carbocycles. The number of halogens is 3.